The van der Waals surface area contributed by atoms with Crippen molar-refractivity contribution in [2.45, 2.75) is 4.90 Å². The summed E-state index contributed by atoms with van der Waals surface area (Å²) in [7, 11) is -4.38. The second kappa shape index (κ2) is 10.9. The first-order chi connectivity index (χ1) is 16.5. The number of hydrogen-bond acceptors (Lipinski definition) is 7. The number of non-ortho nitro benzene ring substituents is 1. The zero-order chi connectivity index (χ0) is 25.8. The molecule has 0 bridgehead atoms. The lowest BCUT2D eigenvalue weighted by atomic mass is 10.1. The number of nitro groups is 1. The number of halogens is 3. The molecular formula is C22H12BrCl2N3O6S. The lowest BCUT2D eigenvalue weighted by molar-refractivity contribution is -0.385. The maximum Gasteiger partial charge on any atom is 0.339 e. The third kappa shape index (κ3) is 6.58. The molecule has 0 saturated carbocycles. The average Bonchev–Trinajstić information content (AvgIpc) is 2.81. The van der Waals surface area contributed by atoms with Crippen molar-refractivity contribution < 1.29 is 22.3 Å². The van der Waals surface area contributed by atoms with Gasteiger partial charge in [0.1, 0.15) is 16.5 Å². The van der Waals surface area contributed by atoms with Crippen molar-refractivity contribution in [3.8, 4) is 11.8 Å². The monoisotopic (exact) mass is 595 g/mol. The summed E-state index contributed by atoms with van der Waals surface area (Å²) in [6.45, 7) is 0. The van der Waals surface area contributed by atoms with Crippen LogP contribution in [0, 0.1) is 21.4 Å². The molecule has 178 valence electrons. The summed E-state index contributed by atoms with van der Waals surface area (Å²) in [6, 6.07) is 14.8. The number of nitro benzene ring substituents is 1. The third-order valence-electron chi connectivity index (χ3n) is 4.33. The molecule has 9 nitrogen and oxygen atoms in total. The predicted molar refractivity (Wildman–Crippen MR) is 134 cm³/mol. The van der Waals surface area contributed by atoms with Gasteiger partial charge in [-0.2, -0.15) is 13.7 Å². The number of carbonyl (C=O) groups is 1. The summed E-state index contributed by atoms with van der Waals surface area (Å²) in [5, 5.41) is 23.4. The molecule has 3 aromatic carbocycles. The Bertz CT molecular complexity index is 1520. The van der Waals surface area contributed by atoms with E-state index < -0.39 is 31.5 Å². The van der Waals surface area contributed by atoms with E-state index in [4.69, 9.17) is 27.4 Å². The minimum atomic E-state index is -4.38. The van der Waals surface area contributed by atoms with Crippen LogP contribution in [0.15, 0.2) is 75.6 Å². The summed E-state index contributed by atoms with van der Waals surface area (Å²) in [6.07, 6.45) is 1.28. The smallest absolute Gasteiger partial charge is 0.339 e. The quantitative estimate of drug-likeness (QED) is 0.116. The Kier molecular flexibility index (Phi) is 8.14. The van der Waals surface area contributed by atoms with Gasteiger partial charge in [-0.15, -0.1) is 0 Å². The Morgan fingerprint density at radius 2 is 1.89 bits per heavy atom. The Labute approximate surface area is 217 Å². The first-order valence-corrected chi connectivity index (χ1v) is 12.3. The predicted octanol–water partition coefficient (Wildman–Crippen LogP) is 5.98. The number of rotatable bonds is 7. The second-order valence-corrected chi connectivity index (χ2v) is 9.97. The summed E-state index contributed by atoms with van der Waals surface area (Å²) >= 11 is 15.1. The number of amides is 1. The van der Waals surface area contributed by atoms with Gasteiger partial charge in [0.2, 0.25) is 0 Å². The van der Waals surface area contributed by atoms with Crippen molar-refractivity contribution in [1.29, 1.82) is 5.26 Å². The maximum absolute atomic E-state index is 12.6. The minimum Gasteiger partial charge on any atom is -0.378 e. The second-order valence-electron chi connectivity index (χ2n) is 6.73. The van der Waals surface area contributed by atoms with Crippen molar-refractivity contribution in [1.82, 2.24) is 0 Å². The van der Waals surface area contributed by atoms with Gasteiger partial charge in [0.15, 0.2) is 5.75 Å². The van der Waals surface area contributed by atoms with Crippen molar-refractivity contribution in [3.63, 3.8) is 0 Å². The van der Waals surface area contributed by atoms with E-state index in [-0.39, 0.29) is 26.5 Å². The highest BCUT2D eigenvalue weighted by Crippen LogP contribution is 2.31. The van der Waals surface area contributed by atoms with Gasteiger partial charge in [0, 0.05) is 17.2 Å². The van der Waals surface area contributed by atoms with Crippen LogP contribution in [0.25, 0.3) is 6.08 Å². The normalized spacial score (nSPS) is 11.4. The van der Waals surface area contributed by atoms with Gasteiger partial charge < -0.3 is 9.50 Å². The van der Waals surface area contributed by atoms with Crippen LogP contribution in [-0.2, 0) is 14.9 Å². The molecule has 1 amide bonds. The Morgan fingerprint density at radius 3 is 2.54 bits per heavy atom. The number of benzene rings is 3. The van der Waals surface area contributed by atoms with E-state index in [2.05, 4.69) is 21.2 Å². The fourth-order valence-corrected chi connectivity index (χ4v) is 4.60. The summed E-state index contributed by atoms with van der Waals surface area (Å²) in [4.78, 5) is 22.3. The Balaban J connectivity index is 1.83. The Morgan fingerprint density at radius 1 is 1.14 bits per heavy atom. The maximum atomic E-state index is 12.6. The standard InChI is InChI=1S/C22H12BrCl2N3O6S/c23-18-9-13(8-14(12-26)22(29)27-20-10-15(24)5-6-19(20)25)4-7-21(18)34-35(32,33)17-3-1-2-16(11-17)28(30)31/h1-11H,(H,27,29)/b14-8-. The van der Waals surface area contributed by atoms with E-state index in [0.29, 0.717) is 10.6 Å². The minimum absolute atomic E-state index is 0.109. The van der Waals surface area contributed by atoms with Gasteiger partial charge in [0.05, 0.1) is 20.1 Å². The molecule has 3 aromatic rings. The van der Waals surface area contributed by atoms with Crippen LogP contribution in [0.5, 0.6) is 5.75 Å². The molecule has 0 heterocycles. The molecule has 0 unspecified atom stereocenters. The largest absolute Gasteiger partial charge is 0.378 e. The highest BCUT2D eigenvalue weighted by molar-refractivity contribution is 9.10. The van der Waals surface area contributed by atoms with E-state index in [0.717, 1.165) is 18.2 Å². The molecule has 0 spiro atoms. The molecular weight excluding hydrogens is 585 g/mol. The van der Waals surface area contributed by atoms with Crippen LogP contribution >= 0.6 is 39.1 Å². The summed E-state index contributed by atoms with van der Waals surface area (Å²) in [5.74, 6) is -0.844. The number of nitriles is 1. The molecule has 0 aromatic heterocycles. The number of anilines is 1. The van der Waals surface area contributed by atoms with E-state index in [1.165, 1.54) is 42.5 Å². The SMILES string of the molecule is N#C/C(=C/c1ccc(OS(=O)(=O)c2cccc([N+](=O)[O-])c2)c(Br)c1)C(=O)Nc1cc(Cl)ccc1Cl. The zero-order valence-electron chi connectivity index (χ0n) is 17.2. The molecule has 0 aliphatic rings. The van der Waals surface area contributed by atoms with Crippen LogP contribution in [0.2, 0.25) is 10.0 Å². The van der Waals surface area contributed by atoms with Crippen molar-refractivity contribution in [3.05, 3.63) is 96.4 Å². The van der Waals surface area contributed by atoms with Crippen LogP contribution in [0.1, 0.15) is 5.56 Å². The van der Waals surface area contributed by atoms with E-state index >= 15 is 0 Å². The van der Waals surface area contributed by atoms with Crippen LogP contribution in [0.3, 0.4) is 0 Å². The fourth-order valence-electron chi connectivity index (χ4n) is 2.69. The first kappa shape index (κ1) is 26.2. The van der Waals surface area contributed by atoms with Gasteiger partial charge in [-0.25, -0.2) is 0 Å². The highest BCUT2D eigenvalue weighted by atomic mass is 79.9. The van der Waals surface area contributed by atoms with E-state index in [1.54, 1.807) is 12.1 Å². The van der Waals surface area contributed by atoms with Crippen LogP contribution in [-0.4, -0.2) is 19.2 Å². The lowest BCUT2D eigenvalue weighted by Gasteiger charge is -2.10. The Hall–Kier alpha value is -3.43. The van der Waals surface area contributed by atoms with Crippen molar-refractivity contribution in [2.75, 3.05) is 5.32 Å². The molecule has 1 N–H and O–H groups in total. The molecule has 0 atom stereocenters. The van der Waals surface area contributed by atoms with Crippen molar-refractivity contribution >= 4 is 72.6 Å². The number of hydrogen-bond donors (Lipinski definition) is 1. The van der Waals surface area contributed by atoms with Gasteiger partial charge >= 0.3 is 10.1 Å². The van der Waals surface area contributed by atoms with E-state index in [1.807, 2.05) is 0 Å². The van der Waals surface area contributed by atoms with Crippen LogP contribution < -0.4 is 9.50 Å². The number of nitrogens with one attached hydrogen (secondary N) is 1. The number of nitrogens with zero attached hydrogens (tertiary/aromatic N) is 2. The topological polar surface area (TPSA) is 139 Å². The first-order valence-electron chi connectivity index (χ1n) is 9.37. The molecule has 0 saturated heterocycles. The molecule has 0 fully saturated rings. The number of carbonyl (C=O) groups excluding carboxylic acids is 1. The van der Waals surface area contributed by atoms with Gasteiger partial charge in [-0.1, -0.05) is 35.3 Å². The third-order valence-corrected chi connectivity index (χ3v) is 6.74. The average molecular weight is 597 g/mol. The summed E-state index contributed by atoms with van der Waals surface area (Å²) in [5.41, 5.74) is -0.0658. The molecule has 13 heteroatoms. The van der Waals surface area contributed by atoms with Crippen LogP contribution in [0.4, 0.5) is 11.4 Å². The van der Waals surface area contributed by atoms with Gasteiger partial charge in [0.25, 0.3) is 11.6 Å². The van der Waals surface area contributed by atoms with Gasteiger partial charge in [-0.3, -0.25) is 14.9 Å². The van der Waals surface area contributed by atoms with Gasteiger partial charge in [-0.05, 0) is 64.0 Å². The molecule has 0 aliphatic heterocycles. The molecule has 0 radical (unpaired) electrons. The van der Waals surface area contributed by atoms with Crippen molar-refractivity contribution in [2.24, 2.45) is 0 Å². The fraction of sp³-hybridized carbons (Fsp3) is 0. The molecule has 0 aliphatic carbocycles. The molecule has 3 rings (SSSR count). The molecule has 35 heavy (non-hydrogen) atoms. The summed E-state index contributed by atoms with van der Waals surface area (Å²) < 4.78 is 30.4. The lowest BCUT2D eigenvalue weighted by Crippen LogP contribution is -2.13. The zero-order valence-corrected chi connectivity index (χ0v) is 21.2. The van der Waals surface area contributed by atoms with E-state index in [9.17, 15) is 28.6 Å². The highest BCUT2D eigenvalue weighted by Gasteiger charge is 2.21.